The number of nitrogens with zero attached hydrogens (tertiary/aromatic N) is 3. The molecule has 1 aromatic carbocycles. The minimum absolute atomic E-state index is 0.0601. The second-order valence-electron chi connectivity index (χ2n) is 8.55. The van der Waals surface area contributed by atoms with E-state index in [1.54, 1.807) is 4.90 Å². The van der Waals surface area contributed by atoms with Gasteiger partial charge >= 0.3 is 0 Å². The van der Waals surface area contributed by atoms with E-state index in [1.165, 1.54) is 6.33 Å². The highest BCUT2D eigenvalue weighted by atomic mass is 16.3. The summed E-state index contributed by atoms with van der Waals surface area (Å²) in [5, 5.41) is 23.7. The monoisotopic (exact) mass is 426 g/mol. The number of hydrogen-bond donors (Lipinski definition) is 4. The number of benzene rings is 1. The smallest absolute Gasteiger partial charge is 0.243 e. The third-order valence-electron chi connectivity index (χ3n) is 6.35. The van der Waals surface area contributed by atoms with Crippen LogP contribution in [-0.4, -0.2) is 50.4 Å². The molecular formula is C22H30N6O3. The lowest BCUT2D eigenvalue weighted by Crippen LogP contribution is -2.57. The molecule has 4 rings (SSSR count). The third kappa shape index (κ3) is 4.41. The van der Waals surface area contributed by atoms with E-state index >= 15 is 0 Å². The number of nitrogens with one attached hydrogen (secondary N) is 3. The van der Waals surface area contributed by atoms with Crippen molar-refractivity contribution in [3.05, 3.63) is 41.5 Å². The molecule has 9 heteroatoms. The minimum atomic E-state index is -0.980. The molecule has 4 unspecified atom stereocenters. The van der Waals surface area contributed by atoms with Crippen LogP contribution < -0.4 is 15.5 Å². The molecule has 2 aromatic rings. The molecule has 0 aliphatic carbocycles. The number of aryl methyl sites for hydroxylation is 1. The van der Waals surface area contributed by atoms with Crippen molar-refractivity contribution in [2.45, 2.75) is 70.8 Å². The van der Waals surface area contributed by atoms with Gasteiger partial charge in [0.25, 0.3) is 0 Å². The molecule has 2 aliphatic heterocycles. The van der Waals surface area contributed by atoms with E-state index in [-0.39, 0.29) is 24.3 Å². The number of aromatic amines is 1. The van der Waals surface area contributed by atoms with Gasteiger partial charge in [0, 0.05) is 18.5 Å². The first-order chi connectivity index (χ1) is 15.0. The third-order valence-corrected chi connectivity index (χ3v) is 6.35. The Hall–Kier alpha value is -2.94. The van der Waals surface area contributed by atoms with Gasteiger partial charge in [-0.3, -0.25) is 14.7 Å². The molecule has 0 spiro atoms. The van der Waals surface area contributed by atoms with Crippen molar-refractivity contribution in [2.75, 3.05) is 4.90 Å². The fraction of sp³-hybridized carbons (Fsp3) is 0.545. The molecule has 0 fully saturated rings. The summed E-state index contributed by atoms with van der Waals surface area (Å²) in [4.78, 5) is 31.4. The molecular weight excluding hydrogens is 396 g/mol. The Balaban J connectivity index is 1.54. The van der Waals surface area contributed by atoms with Crippen LogP contribution in [-0.2, 0) is 29.0 Å². The highest BCUT2D eigenvalue weighted by Crippen LogP contribution is 2.40. The lowest BCUT2D eigenvalue weighted by molar-refractivity contribution is -0.123. The van der Waals surface area contributed by atoms with Crippen LogP contribution in [0.1, 0.15) is 50.1 Å². The van der Waals surface area contributed by atoms with Gasteiger partial charge in [-0.15, -0.1) is 0 Å². The van der Waals surface area contributed by atoms with Crippen LogP contribution in [0.15, 0.2) is 24.5 Å². The molecule has 0 saturated carbocycles. The van der Waals surface area contributed by atoms with Crippen molar-refractivity contribution in [1.82, 2.24) is 25.8 Å². The molecule has 166 valence electrons. The zero-order valence-electron chi connectivity index (χ0n) is 18.0. The number of rotatable bonds is 7. The normalized spacial score (nSPS) is 23.1. The van der Waals surface area contributed by atoms with Crippen LogP contribution >= 0.6 is 0 Å². The molecule has 0 saturated heterocycles. The number of aromatic nitrogens is 3. The predicted octanol–water partition coefficient (Wildman–Crippen LogP) is 1.04. The van der Waals surface area contributed by atoms with Crippen molar-refractivity contribution in [3.8, 4) is 0 Å². The molecule has 1 aromatic heterocycles. The largest absolute Gasteiger partial charge is 0.371 e. The first kappa shape index (κ1) is 21.3. The van der Waals surface area contributed by atoms with E-state index in [9.17, 15) is 14.7 Å². The quantitative estimate of drug-likeness (QED) is 0.525. The van der Waals surface area contributed by atoms with Gasteiger partial charge in [-0.2, -0.15) is 5.10 Å². The van der Waals surface area contributed by atoms with E-state index in [0.717, 1.165) is 29.7 Å². The fourth-order valence-electron chi connectivity index (χ4n) is 4.47. The number of carbonyl (C=O) groups excluding carboxylic acids is 2. The maximum atomic E-state index is 13.1. The van der Waals surface area contributed by atoms with Crippen LogP contribution in [0.3, 0.4) is 0 Å². The second kappa shape index (κ2) is 9.05. The fourth-order valence-corrected chi connectivity index (χ4v) is 4.47. The van der Waals surface area contributed by atoms with Gasteiger partial charge in [0.05, 0.1) is 12.6 Å². The maximum Gasteiger partial charge on any atom is 0.243 e. The molecule has 3 heterocycles. The van der Waals surface area contributed by atoms with Gasteiger partial charge in [0.15, 0.2) is 0 Å². The number of hydrogen-bond acceptors (Lipinski definition) is 6. The van der Waals surface area contributed by atoms with E-state index < -0.39 is 18.3 Å². The predicted molar refractivity (Wildman–Crippen MR) is 115 cm³/mol. The summed E-state index contributed by atoms with van der Waals surface area (Å²) in [5.74, 6) is 0.601. The summed E-state index contributed by atoms with van der Waals surface area (Å²) in [7, 11) is 0. The summed E-state index contributed by atoms with van der Waals surface area (Å²) in [6, 6.07) is 5.04. The average molecular weight is 427 g/mol. The summed E-state index contributed by atoms with van der Waals surface area (Å²) in [6.45, 7) is 4.33. The molecule has 4 atom stereocenters. The molecule has 0 bridgehead atoms. The SMILES string of the molecule is CCC(C)CC(=O)NC1CCc2cccc3c2N(C(C(=O)NCc2ncn[nH]2)C3)C1O. The maximum absolute atomic E-state index is 13.1. The van der Waals surface area contributed by atoms with Crippen molar-refractivity contribution < 1.29 is 14.7 Å². The Morgan fingerprint density at radius 1 is 1.35 bits per heavy atom. The van der Waals surface area contributed by atoms with Crippen LogP contribution in [0.4, 0.5) is 5.69 Å². The van der Waals surface area contributed by atoms with Crippen LogP contribution in [0.5, 0.6) is 0 Å². The van der Waals surface area contributed by atoms with E-state index in [2.05, 4.69) is 32.7 Å². The van der Waals surface area contributed by atoms with E-state index in [0.29, 0.717) is 25.1 Å². The van der Waals surface area contributed by atoms with Gasteiger partial charge in [-0.1, -0.05) is 38.5 Å². The van der Waals surface area contributed by atoms with Crippen LogP contribution in [0, 0.1) is 5.92 Å². The standard InChI is InChI=1S/C22H30N6O3/c1-3-13(2)9-19(29)26-16-8-7-14-5-4-6-15-10-17(28(20(14)15)22(16)31)21(30)23-11-18-24-12-25-27-18/h4-6,12-13,16-17,22,31H,3,7-11H2,1-2H3,(H,23,30)(H,26,29)(H,24,25,27). The number of carbonyl (C=O) groups is 2. The minimum Gasteiger partial charge on any atom is -0.371 e. The Morgan fingerprint density at radius 3 is 2.90 bits per heavy atom. The number of amides is 2. The molecule has 2 aliphatic rings. The van der Waals surface area contributed by atoms with E-state index in [4.69, 9.17) is 0 Å². The van der Waals surface area contributed by atoms with Gasteiger partial charge in [0.2, 0.25) is 11.8 Å². The topological polar surface area (TPSA) is 123 Å². The number of H-pyrrole nitrogens is 1. The molecule has 9 nitrogen and oxygen atoms in total. The summed E-state index contributed by atoms with van der Waals surface area (Å²) in [5.41, 5.74) is 3.07. The molecule has 0 radical (unpaired) electrons. The zero-order valence-corrected chi connectivity index (χ0v) is 18.0. The Kier molecular flexibility index (Phi) is 6.22. The van der Waals surface area contributed by atoms with Crippen LogP contribution in [0.2, 0.25) is 0 Å². The first-order valence-electron chi connectivity index (χ1n) is 11.0. The summed E-state index contributed by atoms with van der Waals surface area (Å²) in [6.07, 6.45) is 3.63. The Morgan fingerprint density at radius 2 is 2.16 bits per heavy atom. The van der Waals surface area contributed by atoms with Gasteiger partial charge in [-0.05, 0) is 29.9 Å². The Bertz CT molecular complexity index is 931. The average Bonchev–Trinajstić information content (AvgIpc) is 3.39. The molecule has 2 amide bonds. The Labute approximate surface area is 181 Å². The lowest BCUT2D eigenvalue weighted by atomic mass is 10.0. The van der Waals surface area contributed by atoms with Gasteiger partial charge in [-0.25, -0.2) is 4.98 Å². The number of para-hydroxylation sites is 1. The van der Waals surface area contributed by atoms with Crippen molar-refractivity contribution in [1.29, 1.82) is 0 Å². The number of aliphatic hydroxyl groups excluding tert-OH is 1. The summed E-state index contributed by atoms with van der Waals surface area (Å²) >= 11 is 0. The van der Waals surface area contributed by atoms with Crippen molar-refractivity contribution >= 4 is 17.5 Å². The van der Waals surface area contributed by atoms with Gasteiger partial charge in [0.1, 0.15) is 24.4 Å². The number of anilines is 1. The summed E-state index contributed by atoms with van der Waals surface area (Å²) < 4.78 is 0. The highest BCUT2D eigenvalue weighted by Gasteiger charge is 2.43. The first-order valence-corrected chi connectivity index (χ1v) is 11.0. The molecule has 4 N–H and O–H groups in total. The molecule has 31 heavy (non-hydrogen) atoms. The number of aliphatic hydroxyl groups is 1. The lowest BCUT2D eigenvalue weighted by Gasteiger charge is -2.35. The van der Waals surface area contributed by atoms with Crippen molar-refractivity contribution in [2.24, 2.45) is 5.92 Å². The zero-order chi connectivity index (χ0) is 22.0. The van der Waals surface area contributed by atoms with Crippen molar-refractivity contribution in [3.63, 3.8) is 0 Å². The van der Waals surface area contributed by atoms with Crippen LogP contribution in [0.25, 0.3) is 0 Å². The van der Waals surface area contributed by atoms with Gasteiger partial charge < -0.3 is 20.6 Å². The second-order valence-corrected chi connectivity index (χ2v) is 8.55. The van der Waals surface area contributed by atoms with E-state index in [1.807, 2.05) is 25.1 Å². The highest BCUT2D eigenvalue weighted by molar-refractivity contribution is 5.89.